The molecule has 0 saturated carbocycles. The molecule has 0 amide bonds. The maximum atomic E-state index is 10.6. The third kappa shape index (κ3) is 6.35. The number of aliphatic hydroxyl groups is 1. The fourth-order valence-corrected chi connectivity index (χ4v) is 0. The molecule has 0 aliphatic rings. The average molecular weight is 108 g/mol. The van der Waals surface area contributed by atoms with E-state index in [9.17, 15) is 13.2 Å². The van der Waals surface area contributed by atoms with Crippen LogP contribution in [0.5, 0.6) is 0 Å². The van der Waals surface area contributed by atoms with Crippen LogP contribution in [-0.2, 0) is 0 Å². The first-order chi connectivity index (χ1) is 2.64. The molecule has 1 nitrogen and oxygen atoms in total. The first kappa shape index (κ1) is 10.4. The molecular weight excluding hydrogens is 104 g/mol. The third-order valence-electron chi connectivity index (χ3n) is 0.208. The summed E-state index contributed by atoms with van der Waals surface area (Å²) < 4.78 is 31.7. The Labute approximate surface area is 50.7 Å². The second-order valence-corrected chi connectivity index (χ2v) is 0.707. The summed E-state index contributed by atoms with van der Waals surface area (Å²) in [5.74, 6) is 0. The molecule has 0 rings (SSSR count). The molecule has 0 fully saturated rings. The van der Waals surface area contributed by atoms with Gasteiger partial charge in [0.2, 0.25) is 0 Å². The molecular formula is C2H4F3LiO. The number of alkyl halides is 3. The van der Waals surface area contributed by atoms with Crippen LogP contribution in [0.2, 0.25) is 0 Å². The molecule has 5 heteroatoms. The Morgan fingerprint density at radius 3 is 1.29 bits per heavy atom. The topological polar surface area (TPSA) is 20.2 Å². The summed E-state index contributed by atoms with van der Waals surface area (Å²) in [6, 6.07) is 0. The monoisotopic (exact) mass is 108 g/mol. The zero-order valence-corrected chi connectivity index (χ0v) is 2.74. The van der Waals surface area contributed by atoms with Crippen LogP contribution in [0, 0.1) is 0 Å². The van der Waals surface area contributed by atoms with E-state index in [4.69, 9.17) is 5.11 Å². The molecule has 0 heterocycles. The van der Waals surface area contributed by atoms with Gasteiger partial charge in [-0.3, -0.25) is 0 Å². The van der Waals surface area contributed by atoms with E-state index in [1.54, 1.807) is 0 Å². The van der Waals surface area contributed by atoms with Gasteiger partial charge < -0.3 is 5.11 Å². The Bertz CT molecular complexity index is 33.9. The molecule has 0 aliphatic heterocycles. The molecule has 0 bridgehead atoms. The predicted octanol–water partition coefficient (Wildman–Crippen LogP) is -0.109. The predicted molar refractivity (Wildman–Crippen MR) is 20.3 cm³/mol. The molecule has 0 aromatic carbocycles. The molecule has 1 N–H and O–H groups in total. The van der Waals surface area contributed by atoms with Gasteiger partial charge in [-0.15, -0.1) is 0 Å². The van der Waals surface area contributed by atoms with Gasteiger partial charge in [-0.2, -0.15) is 0 Å². The normalized spacial score (nSPS) is 13.3. The van der Waals surface area contributed by atoms with Gasteiger partial charge in [0, 0.05) is 0 Å². The molecule has 0 aliphatic carbocycles. The second kappa shape index (κ2) is 4.50. The SMILES string of the molecule is OC(F)C(F)F.[LiH]. The maximum absolute atomic E-state index is 10.6. The number of halogens is 3. The van der Waals surface area contributed by atoms with Gasteiger partial charge in [0.05, 0.1) is 0 Å². The van der Waals surface area contributed by atoms with Gasteiger partial charge in [0.25, 0.3) is 12.8 Å². The van der Waals surface area contributed by atoms with Crippen molar-refractivity contribution in [1.82, 2.24) is 0 Å². The Balaban J connectivity index is 0. The Hall–Kier alpha value is 0.347. The van der Waals surface area contributed by atoms with Gasteiger partial charge in [-0.1, -0.05) is 0 Å². The van der Waals surface area contributed by atoms with Crippen LogP contribution in [0.15, 0.2) is 0 Å². The van der Waals surface area contributed by atoms with Crippen molar-refractivity contribution in [3.8, 4) is 0 Å². The van der Waals surface area contributed by atoms with Gasteiger partial charge >= 0.3 is 18.9 Å². The fourth-order valence-electron chi connectivity index (χ4n) is 0. The quantitative estimate of drug-likeness (QED) is 0.464. The van der Waals surface area contributed by atoms with E-state index in [1.807, 2.05) is 0 Å². The fraction of sp³-hybridized carbons (Fsp3) is 1.00. The van der Waals surface area contributed by atoms with Gasteiger partial charge in [-0.25, -0.2) is 13.2 Å². The molecule has 1 atom stereocenters. The van der Waals surface area contributed by atoms with Crippen molar-refractivity contribution < 1.29 is 18.3 Å². The standard InChI is InChI=1S/C2H3F3O.Li.H/c3-1(4)2(5)6;;/h1-2,6H;;. The van der Waals surface area contributed by atoms with Crippen LogP contribution in [0.1, 0.15) is 0 Å². The average Bonchev–Trinajstić information content (AvgIpc) is 1.36. The number of aliphatic hydroxyl groups excluding tert-OH is 1. The molecule has 0 spiro atoms. The first-order valence-corrected chi connectivity index (χ1v) is 1.25. The van der Waals surface area contributed by atoms with Crippen molar-refractivity contribution >= 4 is 18.9 Å². The van der Waals surface area contributed by atoms with Crippen molar-refractivity contribution in [3.63, 3.8) is 0 Å². The van der Waals surface area contributed by atoms with Gasteiger partial charge in [0.15, 0.2) is 0 Å². The number of hydrogen-bond donors (Lipinski definition) is 1. The Kier molecular flexibility index (Phi) is 6.66. The van der Waals surface area contributed by atoms with Gasteiger partial charge in [0.1, 0.15) is 0 Å². The first-order valence-electron chi connectivity index (χ1n) is 1.25. The third-order valence-corrected chi connectivity index (χ3v) is 0.208. The minimum absolute atomic E-state index is 0. The summed E-state index contributed by atoms with van der Waals surface area (Å²) in [6.45, 7) is 0. The second-order valence-electron chi connectivity index (χ2n) is 0.707. The molecule has 0 aromatic rings. The van der Waals surface area contributed by atoms with Crippen LogP contribution in [0.25, 0.3) is 0 Å². The molecule has 7 heavy (non-hydrogen) atoms. The summed E-state index contributed by atoms with van der Waals surface area (Å²) in [7, 11) is 0. The van der Waals surface area contributed by atoms with E-state index >= 15 is 0 Å². The van der Waals surface area contributed by atoms with E-state index in [-0.39, 0.29) is 18.9 Å². The summed E-state index contributed by atoms with van der Waals surface area (Å²) in [4.78, 5) is 0. The summed E-state index contributed by atoms with van der Waals surface area (Å²) in [5, 5.41) is 7.21. The van der Waals surface area contributed by atoms with Crippen LogP contribution in [0.4, 0.5) is 13.2 Å². The van der Waals surface area contributed by atoms with Crippen LogP contribution < -0.4 is 0 Å². The van der Waals surface area contributed by atoms with Crippen LogP contribution in [0.3, 0.4) is 0 Å². The molecule has 0 radical (unpaired) electrons. The summed E-state index contributed by atoms with van der Waals surface area (Å²) in [5.41, 5.74) is 0. The van der Waals surface area contributed by atoms with Crippen molar-refractivity contribution in [3.05, 3.63) is 0 Å². The van der Waals surface area contributed by atoms with Crippen LogP contribution >= 0.6 is 0 Å². The number of hydrogen-bond acceptors (Lipinski definition) is 1. The zero-order chi connectivity index (χ0) is 5.15. The van der Waals surface area contributed by atoms with Crippen molar-refractivity contribution in [1.29, 1.82) is 0 Å². The zero-order valence-electron chi connectivity index (χ0n) is 2.74. The number of rotatable bonds is 1. The molecule has 0 aromatic heterocycles. The van der Waals surface area contributed by atoms with E-state index < -0.39 is 12.8 Å². The van der Waals surface area contributed by atoms with Crippen molar-refractivity contribution in [2.75, 3.05) is 0 Å². The minimum atomic E-state index is -3.26. The van der Waals surface area contributed by atoms with E-state index in [0.29, 0.717) is 0 Å². The van der Waals surface area contributed by atoms with E-state index in [2.05, 4.69) is 0 Å². The summed E-state index contributed by atoms with van der Waals surface area (Å²) in [6.07, 6.45) is -6.24. The molecule has 1 unspecified atom stereocenters. The van der Waals surface area contributed by atoms with E-state index in [1.165, 1.54) is 0 Å². The molecule has 0 saturated heterocycles. The van der Waals surface area contributed by atoms with Crippen LogP contribution in [-0.4, -0.2) is 36.8 Å². The Morgan fingerprint density at radius 1 is 1.14 bits per heavy atom. The van der Waals surface area contributed by atoms with Crippen molar-refractivity contribution in [2.45, 2.75) is 12.8 Å². The van der Waals surface area contributed by atoms with E-state index in [0.717, 1.165) is 0 Å². The molecule has 40 valence electrons. The van der Waals surface area contributed by atoms with Gasteiger partial charge in [-0.05, 0) is 0 Å². The Morgan fingerprint density at radius 2 is 1.29 bits per heavy atom. The summed E-state index contributed by atoms with van der Waals surface area (Å²) >= 11 is 0. The van der Waals surface area contributed by atoms with Crippen molar-refractivity contribution in [2.24, 2.45) is 0 Å².